The van der Waals surface area contributed by atoms with E-state index in [2.05, 4.69) is 20.2 Å². The molecule has 148 valence electrons. The van der Waals surface area contributed by atoms with E-state index in [1.807, 2.05) is 19.1 Å². The number of hydrogen-bond acceptors (Lipinski definition) is 7. The number of hydrogen-bond donors (Lipinski definition) is 2. The maximum absolute atomic E-state index is 12.9. The van der Waals surface area contributed by atoms with Gasteiger partial charge in [-0.3, -0.25) is 4.57 Å². The van der Waals surface area contributed by atoms with Crippen molar-refractivity contribution in [1.82, 2.24) is 24.7 Å². The van der Waals surface area contributed by atoms with Crippen molar-refractivity contribution >= 4 is 11.3 Å². The van der Waals surface area contributed by atoms with E-state index in [9.17, 15) is 13.6 Å². The van der Waals surface area contributed by atoms with Gasteiger partial charge in [-0.25, -0.2) is 19.9 Å². The van der Waals surface area contributed by atoms with Crippen LogP contribution in [0.1, 0.15) is 17.6 Å². The fraction of sp³-hybridized carbons (Fsp3) is 0.294. The van der Waals surface area contributed by atoms with Gasteiger partial charge in [0.25, 0.3) is 6.08 Å². The Kier molecular flexibility index (Phi) is 6.26. The Balaban J connectivity index is 1.79. The van der Waals surface area contributed by atoms with Crippen LogP contribution in [0, 0.1) is 0 Å². The number of H-pyrrole nitrogens is 1. The predicted octanol–water partition coefficient (Wildman–Crippen LogP) is 2.19. The van der Waals surface area contributed by atoms with Crippen molar-refractivity contribution in [3.05, 3.63) is 57.4 Å². The number of nitrogens with one attached hydrogen (secondary N) is 1. The van der Waals surface area contributed by atoms with Gasteiger partial charge < -0.3 is 10.5 Å². The molecule has 3 rings (SSSR count). The number of halogens is 2. The molecule has 0 bridgehead atoms. The Labute approximate surface area is 162 Å². The number of thiophene rings is 1. The molecular formula is C17H18F2N6O2S. The highest BCUT2D eigenvalue weighted by Gasteiger charge is 2.15. The molecule has 0 aromatic carbocycles. The van der Waals surface area contributed by atoms with Gasteiger partial charge in [0.1, 0.15) is 5.82 Å². The molecule has 0 unspecified atom stereocenters. The van der Waals surface area contributed by atoms with Crippen molar-refractivity contribution in [3.8, 4) is 16.5 Å². The Morgan fingerprint density at radius 3 is 2.71 bits per heavy atom. The zero-order valence-electron chi connectivity index (χ0n) is 15.0. The molecule has 0 aliphatic carbocycles. The number of rotatable bonds is 8. The molecule has 8 nitrogen and oxygen atoms in total. The van der Waals surface area contributed by atoms with Crippen LogP contribution in [0.5, 0.6) is 6.01 Å². The van der Waals surface area contributed by atoms with Crippen molar-refractivity contribution in [2.45, 2.75) is 19.9 Å². The topological polar surface area (TPSA) is 112 Å². The molecule has 0 spiro atoms. The van der Waals surface area contributed by atoms with Gasteiger partial charge in [-0.05, 0) is 19.1 Å². The van der Waals surface area contributed by atoms with Crippen molar-refractivity contribution in [2.24, 2.45) is 5.73 Å². The molecular weight excluding hydrogens is 390 g/mol. The van der Waals surface area contributed by atoms with Crippen molar-refractivity contribution in [2.75, 3.05) is 13.2 Å². The van der Waals surface area contributed by atoms with Gasteiger partial charge in [-0.1, -0.05) is 0 Å². The van der Waals surface area contributed by atoms with Gasteiger partial charge in [0.15, 0.2) is 0 Å². The molecule has 11 heteroatoms. The molecule has 3 aromatic heterocycles. The Hall–Kier alpha value is -2.92. The standard InChI is InChI=1S/C17H18F2N6O2S/c1-2-27-16-21-7-11(8-22-16)13-4-3-12(28-13)9-25-14(23-24-17(25)26)5-10(6-20)15(18)19/h3-4,7-8H,2,5-6,9,20H2,1H3,(H,24,26). The summed E-state index contributed by atoms with van der Waals surface area (Å²) in [5, 5.41) is 6.15. The van der Waals surface area contributed by atoms with Crippen LogP contribution >= 0.6 is 11.3 Å². The van der Waals surface area contributed by atoms with Crippen LogP contribution in [0.25, 0.3) is 10.4 Å². The third-order valence-electron chi connectivity index (χ3n) is 3.88. The first kappa shape index (κ1) is 19.8. The molecule has 0 aliphatic rings. The lowest BCUT2D eigenvalue weighted by Crippen LogP contribution is -2.20. The fourth-order valence-electron chi connectivity index (χ4n) is 2.48. The number of nitrogens with two attached hydrogens (primary N) is 1. The smallest absolute Gasteiger partial charge is 0.343 e. The van der Waals surface area contributed by atoms with E-state index in [4.69, 9.17) is 10.5 Å². The van der Waals surface area contributed by atoms with Crippen LogP contribution in [0.3, 0.4) is 0 Å². The third-order valence-corrected chi connectivity index (χ3v) is 5.00. The van der Waals surface area contributed by atoms with Gasteiger partial charge in [-0.15, -0.1) is 11.3 Å². The Bertz CT molecular complexity index is 1020. The third kappa shape index (κ3) is 4.49. The number of aromatic nitrogens is 5. The van der Waals surface area contributed by atoms with Crippen molar-refractivity contribution in [3.63, 3.8) is 0 Å². The van der Waals surface area contributed by atoms with E-state index in [0.29, 0.717) is 12.6 Å². The minimum Gasteiger partial charge on any atom is -0.464 e. The fourth-order valence-corrected chi connectivity index (χ4v) is 3.45. The molecule has 0 fully saturated rings. The van der Waals surface area contributed by atoms with Crippen molar-refractivity contribution in [1.29, 1.82) is 0 Å². The zero-order valence-corrected chi connectivity index (χ0v) is 15.8. The Morgan fingerprint density at radius 1 is 1.32 bits per heavy atom. The summed E-state index contributed by atoms with van der Waals surface area (Å²) < 4.78 is 32.3. The van der Waals surface area contributed by atoms with Gasteiger partial charge in [0.2, 0.25) is 0 Å². The molecule has 0 amide bonds. The lowest BCUT2D eigenvalue weighted by atomic mass is 10.2. The summed E-state index contributed by atoms with van der Waals surface area (Å²) in [5.74, 6) is 0.206. The second-order valence-corrected chi connectivity index (χ2v) is 6.90. The summed E-state index contributed by atoms with van der Waals surface area (Å²) in [6.45, 7) is 2.24. The minimum absolute atomic E-state index is 0.192. The largest absolute Gasteiger partial charge is 0.464 e. The maximum atomic E-state index is 12.9. The molecule has 0 aliphatic heterocycles. The first-order valence-corrected chi connectivity index (χ1v) is 9.24. The van der Waals surface area contributed by atoms with Crippen LogP contribution in [0.4, 0.5) is 8.78 Å². The summed E-state index contributed by atoms with van der Waals surface area (Å²) in [6, 6.07) is 4.05. The summed E-state index contributed by atoms with van der Waals surface area (Å²) in [6.07, 6.45) is 1.28. The predicted molar refractivity (Wildman–Crippen MR) is 100 cm³/mol. The highest BCUT2D eigenvalue weighted by atomic mass is 32.1. The van der Waals surface area contributed by atoms with E-state index < -0.39 is 11.8 Å². The van der Waals surface area contributed by atoms with Crippen LogP contribution in [-0.4, -0.2) is 37.9 Å². The number of nitrogens with zero attached hydrogens (tertiary/aromatic N) is 4. The van der Waals surface area contributed by atoms with Gasteiger partial charge in [0.05, 0.1) is 13.2 Å². The summed E-state index contributed by atoms with van der Waals surface area (Å²) >= 11 is 1.44. The van der Waals surface area contributed by atoms with E-state index in [-0.39, 0.29) is 30.9 Å². The van der Waals surface area contributed by atoms with E-state index in [1.165, 1.54) is 15.9 Å². The molecule has 28 heavy (non-hydrogen) atoms. The SMILES string of the molecule is CCOc1ncc(-c2ccc(Cn3c(CC(CN)=C(F)F)n[nH]c3=O)s2)cn1. The quantitative estimate of drug-likeness (QED) is 0.591. The Morgan fingerprint density at radius 2 is 2.07 bits per heavy atom. The lowest BCUT2D eigenvalue weighted by Gasteiger charge is -2.06. The summed E-state index contributed by atoms with van der Waals surface area (Å²) in [5.41, 5.74) is 5.44. The molecule has 3 heterocycles. The van der Waals surface area contributed by atoms with Gasteiger partial charge >= 0.3 is 11.7 Å². The average Bonchev–Trinajstić information content (AvgIpc) is 3.28. The number of ether oxygens (including phenoxy) is 1. The second-order valence-electron chi connectivity index (χ2n) is 5.73. The van der Waals surface area contributed by atoms with Crippen LogP contribution in [0.2, 0.25) is 0 Å². The summed E-state index contributed by atoms with van der Waals surface area (Å²) in [4.78, 5) is 22.1. The highest BCUT2D eigenvalue weighted by molar-refractivity contribution is 7.15. The molecule has 3 N–H and O–H groups in total. The molecule has 3 aromatic rings. The van der Waals surface area contributed by atoms with E-state index in [0.717, 1.165) is 15.3 Å². The van der Waals surface area contributed by atoms with Crippen molar-refractivity contribution < 1.29 is 13.5 Å². The zero-order chi connectivity index (χ0) is 20.1. The first-order valence-electron chi connectivity index (χ1n) is 8.43. The van der Waals surface area contributed by atoms with Crippen LogP contribution in [0.15, 0.2) is 41.0 Å². The molecule has 0 atom stereocenters. The minimum atomic E-state index is -1.85. The normalized spacial score (nSPS) is 10.9. The van der Waals surface area contributed by atoms with E-state index in [1.54, 1.807) is 12.4 Å². The van der Waals surface area contributed by atoms with Gasteiger partial charge in [-0.2, -0.15) is 13.9 Å². The van der Waals surface area contributed by atoms with Crippen LogP contribution in [-0.2, 0) is 13.0 Å². The molecule has 0 radical (unpaired) electrons. The van der Waals surface area contributed by atoms with Gasteiger partial charge in [0, 0.05) is 46.3 Å². The summed E-state index contributed by atoms with van der Waals surface area (Å²) in [7, 11) is 0. The van der Waals surface area contributed by atoms with E-state index >= 15 is 0 Å². The monoisotopic (exact) mass is 408 g/mol. The molecule has 0 saturated carbocycles. The average molecular weight is 408 g/mol. The maximum Gasteiger partial charge on any atom is 0.343 e. The lowest BCUT2D eigenvalue weighted by molar-refractivity contribution is 0.312. The number of aromatic amines is 1. The first-order chi connectivity index (χ1) is 13.5. The van der Waals surface area contributed by atoms with Crippen LogP contribution < -0.4 is 16.2 Å². The second kappa shape index (κ2) is 8.85. The molecule has 0 saturated heterocycles. The highest BCUT2D eigenvalue weighted by Crippen LogP contribution is 2.28.